The highest BCUT2D eigenvalue weighted by molar-refractivity contribution is 5.93. The molecule has 0 radical (unpaired) electrons. The topological polar surface area (TPSA) is 89.9 Å². The summed E-state index contributed by atoms with van der Waals surface area (Å²) in [5.74, 6) is -0.0145. The van der Waals surface area contributed by atoms with E-state index in [0.717, 1.165) is 42.4 Å². The van der Waals surface area contributed by atoms with Crippen LogP contribution in [0.1, 0.15) is 18.9 Å². The van der Waals surface area contributed by atoms with Crippen LogP contribution >= 0.6 is 0 Å². The molecule has 6 rings (SSSR count). The second-order valence-corrected chi connectivity index (χ2v) is 7.71. The van der Waals surface area contributed by atoms with Crippen molar-refractivity contribution in [3.63, 3.8) is 0 Å². The van der Waals surface area contributed by atoms with Gasteiger partial charge in [-0.3, -0.25) is 9.78 Å². The Morgan fingerprint density at radius 2 is 1.84 bits per heavy atom. The maximum absolute atomic E-state index is 13.4. The fourth-order valence-electron chi connectivity index (χ4n) is 4.14. The van der Waals surface area contributed by atoms with Crippen molar-refractivity contribution in [2.24, 2.45) is 0 Å². The van der Waals surface area contributed by atoms with E-state index in [4.69, 9.17) is 0 Å². The number of fused-ring (bicyclic) bond motifs is 2. The first-order valence-corrected chi connectivity index (χ1v) is 10.1. The fourth-order valence-corrected chi connectivity index (χ4v) is 4.14. The molecule has 2 N–H and O–H groups in total. The molecule has 8 nitrogen and oxygen atoms in total. The summed E-state index contributed by atoms with van der Waals surface area (Å²) in [6.45, 7) is 1.99. The maximum atomic E-state index is 13.4. The van der Waals surface area contributed by atoms with Crippen molar-refractivity contribution in [3.8, 4) is 33.9 Å². The first-order chi connectivity index (χ1) is 15.1. The van der Waals surface area contributed by atoms with Gasteiger partial charge in [-0.25, -0.2) is 4.98 Å². The molecule has 4 aromatic rings. The number of hydrogen-bond donors (Lipinski definition) is 2. The van der Waals surface area contributed by atoms with Crippen LogP contribution in [0.25, 0.3) is 33.4 Å². The van der Waals surface area contributed by atoms with Gasteiger partial charge in [0.15, 0.2) is 17.1 Å². The van der Waals surface area contributed by atoms with Crippen LogP contribution in [0.5, 0.6) is 11.5 Å². The zero-order valence-electron chi connectivity index (χ0n) is 16.3. The second-order valence-electron chi connectivity index (χ2n) is 7.71. The molecule has 2 aliphatic heterocycles. The van der Waals surface area contributed by atoms with E-state index in [1.807, 2.05) is 23.1 Å². The Labute approximate surface area is 175 Å². The third-order valence-corrected chi connectivity index (χ3v) is 5.72. The number of aromatic amines is 1. The minimum atomic E-state index is -3.65. The minimum absolute atomic E-state index is 0.00158. The Morgan fingerprint density at radius 1 is 1.00 bits per heavy atom. The molecular formula is C21H18F2N6O2. The SMILES string of the molecule is FC1(F)Oc2ccc(-c3[nH]nc4ncc(-c5cnn(C6CCNCC6)c5)cc34)cc2O1. The summed E-state index contributed by atoms with van der Waals surface area (Å²) in [7, 11) is 0. The van der Waals surface area contributed by atoms with Gasteiger partial charge in [-0.1, -0.05) is 0 Å². The molecule has 158 valence electrons. The van der Waals surface area contributed by atoms with Crippen molar-refractivity contribution >= 4 is 11.0 Å². The Balaban J connectivity index is 1.36. The molecule has 0 unspecified atom stereocenters. The van der Waals surface area contributed by atoms with Crippen molar-refractivity contribution in [1.29, 1.82) is 0 Å². The standard InChI is InChI=1S/C21H18F2N6O2/c22-21(23)30-17-2-1-12(8-18(17)31-21)19-16-7-13(9-25-20(16)28-27-19)14-10-26-29(11-14)15-3-5-24-6-4-15/h1-2,7-11,15,24H,3-6H2,(H,25,27,28). The van der Waals surface area contributed by atoms with Gasteiger partial charge in [0.1, 0.15) is 0 Å². The van der Waals surface area contributed by atoms with Crippen LogP contribution in [-0.4, -0.2) is 44.3 Å². The highest BCUT2D eigenvalue weighted by Gasteiger charge is 2.43. The van der Waals surface area contributed by atoms with E-state index < -0.39 is 6.29 Å². The number of hydrogen-bond acceptors (Lipinski definition) is 6. The normalized spacial score (nSPS) is 18.0. The molecule has 0 spiro atoms. The zero-order chi connectivity index (χ0) is 21.0. The molecule has 10 heteroatoms. The van der Waals surface area contributed by atoms with E-state index in [0.29, 0.717) is 22.9 Å². The summed E-state index contributed by atoms with van der Waals surface area (Å²) in [4.78, 5) is 4.46. The molecule has 0 saturated carbocycles. The van der Waals surface area contributed by atoms with Gasteiger partial charge in [0.25, 0.3) is 0 Å². The first-order valence-electron chi connectivity index (χ1n) is 10.1. The summed E-state index contributed by atoms with van der Waals surface area (Å²) in [6.07, 6.45) is 4.09. The van der Waals surface area contributed by atoms with Gasteiger partial charge in [0.2, 0.25) is 0 Å². The summed E-state index contributed by atoms with van der Waals surface area (Å²) in [6, 6.07) is 7.01. The van der Waals surface area contributed by atoms with E-state index in [-0.39, 0.29) is 11.5 Å². The molecule has 0 bridgehead atoms. The lowest BCUT2D eigenvalue weighted by Gasteiger charge is -2.22. The minimum Gasteiger partial charge on any atom is -0.395 e. The van der Waals surface area contributed by atoms with E-state index in [2.05, 4.69) is 35.1 Å². The van der Waals surface area contributed by atoms with E-state index in [1.165, 1.54) is 12.1 Å². The predicted molar refractivity (Wildman–Crippen MR) is 108 cm³/mol. The monoisotopic (exact) mass is 424 g/mol. The number of alkyl halides is 2. The number of halogens is 2. The van der Waals surface area contributed by atoms with Gasteiger partial charge >= 0.3 is 6.29 Å². The molecule has 31 heavy (non-hydrogen) atoms. The number of rotatable bonds is 3. The highest BCUT2D eigenvalue weighted by Crippen LogP contribution is 2.43. The van der Waals surface area contributed by atoms with Crippen molar-refractivity contribution in [2.45, 2.75) is 25.2 Å². The second kappa shape index (κ2) is 6.74. The van der Waals surface area contributed by atoms with E-state index >= 15 is 0 Å². The summed E-state index contributed by atoms with van der Waals surface area (Å²) >= 11 is 0. The summed E-state index contributed by atoms with van der Waals surface area (Å²) in [5, 5.41) is 15.9. The number of pyridine rings is 1. The van der Waals surface area contributed by atoms with Gasteiger partial charge in [-0.15, -0.1) is 8.78 Å². The fraction of sp³-hybridized carbons (Fsp3) is 0.286. The van der Waals surface area contributed by atoms with Crippen LogP contribution in [0.2, 0.25) is 0 Å². The Morgan fingerprint density at radius 3 is 2.71 bits per heavy atom. The van der Waals surface area contributed by atoms with Crippen molar-refractivity contribution in [2.75, 3.05) is 13.1 Å². The van der Waals surface area contributed by atoms with Crippen molar-refractivity contribution in [3.05, 3.63) is 42.9 Å². The van der Waals surface area contributed by atoms with E-state index in [1.54, 1.807) is 12.3 Å². The first kappa shape index (κ1) is 18.3. The zero-order valence-corrected chi connectivity index (χ0v) is 16.3. The van der Waals surface area contributed by atoms with Crippen LogP contribution in [0, 0.1) is 0 Å². The number of nitrogens with one attached hydrogen (secondary N) is 2. The van der Waals surface area contributed by atoms with Crippen LogP contribution in [-0.2, 0) is 0 Å². The lowest BCUT2D eigenvalue weighted by molar-refractivity contribution is -0.286. The molecule has 3 aromatic heterocycles. The van der Waals surface area contributed by atoms with E-state index in [9.17, 15) is 8.78 Å². The lowest BCUT2D eigenvalue weighted by Crippen LogP contribution is -2.29. The largest absolute Gasteiger partial charge is 0.586 e. The van der Waals surface area contributed by atoms with Gasteiger partial charge < -0.3 is 14.8 Å². The summed E-state index contributed by atoms with van der Waals surface area (Å²) in [5.41, 5.74) is 3.71. The van der Waals surface area contributed by atoms with Crippen LogP contribution < -0.4 is 14.8 Å². The predicted octanol–water partition coefficient (Wildman–Crippen LogP) is 3.73. The average molecular weight is 424 g/mol. The smallest absolute Gasteiger partial charge is 0.395 e. The van der Waals surface area contributed by atoms with Gasteiger partial charge in [0.05, 0.1) is 17.9 Å². The number of piperidine rings is 1. The molecule has 1 fully saturated rings. The van der Waals surface area contributed by atoms with Crippen LogP contribution in [0.3, 0.4) is 0 Å². The highest BCUT2D eigenvalue weighted by atomic mass is 19.3. The number of aromatic nitrogens is 5. The quantitative estimate of drug-likeness (QED) is 0.521. The number of nitrogens with zero attached hydrogens (tertiary/aromatic N) is 4. The Kier molecular flexibility index (Phi) is 3.97. The molecule has 5 heterocycles. The molecular weight excluding hydrogens is 406 g/mol. The third-order valence-electron chi connectivity index (χ3n) is 5.72. The number of ether oxygens (including phenoxy) is 2. The molecule has 1 aromatic carbocycles. The average Bonchev–Trinajstić information content (AvgIpc) is 3.49. The third kappa shape index (κ3) is 3.19. The number of benzene rings is 1. The van der Waals surface area contributed by atoms with Crippen LogP contribution in [0.15, 0.2) is 42.9 Å². The molecule has 1 saturated heterocycles. The molecule has 0 amide bonds. The van der Waals surface area contributed by atoms with Gasteiger partial charge in [-0.05, 0) is 50.2 Å². The maximum Gasteiger partial charge on any atom is 0.586 e. The van der Waals surface area contributed by atoms with Crippen LogP contribution in [0.4, 0.5) is 8.78 Å². The molecule has 0 aliphatic carbocycles. The number of H-pyrrole nitrogens is 1. The molecule has 0 atom stereocenters. The van der Waals surface area contributed by atoms with Gasteiger partial charge in [-0.2, -0.15) is 10.2 Å². The Hall–Kier alpha value is -3.53. The van der Waals surface area contributed by atoms with Crippen molar-refractivity contribution in [1.82, 2.24) is 30.3 Å². The Bertz CT molecular complexity index is 1280. The lowest BCUT2D eigenvalue weighted by atomic mass is 10.1. The summed E-state index contributed by atoms with van der Waals surface area (Å²) < 4.78 is 37.8. The van der Waals surface area contributed by atoms with Gasteiger partial charge in [0, 0.05) is 34.5 Å². The molecule has 2 aliphatic rings. The van der Waals surface area contributed by atoms with Crippen molar-refractivity contribution < 1.29 is 18.3 Å².